The molecule has 0 saturated carbocycles. The van der Waals surface area contributed by atoms with Crippen LogP contribution >= 0.6 is 0 Å². The Morgan fingerprint density at radius 1 is 0.683 bits per heavy atom. The molecule has 0 bridgehead atoms. The third-order valence-corrected chi connectivity index (χ3v) is 8.02. The highest BCUT2D eigenvalue weighted by Gasteiger charge is 2.40. The van der Waals surface area contributed by atoms with Crippen LogP contribution in [0.5, 0.6) is 0 Å². The number of nitrogens with zero attached hydrogens (tertiary/aromatic N) is 3. The average molecular weight is 532 g/mol. The van der Waals surface area contributed by atoms with Crippen LogP contribution in [-0.4, -0.2) is 16.4 Å². The third-order valence-electron chi connectivity index (χ3n) is 8.02. The van der Waals surface area contributed by atoms with Crippen LogP contribution < -0.4 is 4.90 Å². The summed E-state index contributed by atoms with van der Waals surface area (Å²) in [4.78, 5) is 29.4. The fourth-order valence-electron chi connectivity index (χ4n) is 6.43. The van der Waals surface area contributed by atoms with Crippen LogP contribution in [0, 0.1) is 32.1 Å². The predicted molar refractivity (Wildman–Crippen MR) is 163 cm³/mol. The first kappa shape index (κ1) is 24.6. The summed E-state index contributed by atoms with van der Waals surface area (Å²) >= 11 is 0. The van der Waals surface area contributed by atoms with Gasteiger partial charge in [0.15, 0.2) is 0 Å². The van der Waals surface area contributed by atoms with Crippen LogP contribution in [0.3, 0.4) is 0 Å². The molecular formula is C36H25N3O2. The number of hydrogen-bond acceptors (Lipinski definition) is 3. The van der Waals surface area contributed by atoms with Gasteiger partial charge in [-0.3, -0.25) is 9.59 Å². The molecule has 0 spiro atoms. The molecule has 41 heavy (non-hydrogen) atoms. The standard InChI is InChI=1S/C36H25N3O2/c1-21-18-22(2)34(23(3)19-21)39-35(40)28-10-7-13-31(33(28)36(39)41)38-29-11-5-4-8-27(29)32-26(9-6-12-30(32)38)25-16-14-24(20-37)15-17-25/h4-19H,1-3H3. The number of rotatable bonds is 3. The number of nitriles is 1. The maximum atomic E-state index is 14.2. The van der Waals surface area contributed by atoms with Crippen molar-refractivity contribution in [1.82, 2.24) is 4.57 Å². The first-order valence-electron chi connectivity index (χ1n) is 13.5. The molecule has 0 radical (unpaired) electrons. The molecular weight excluding hydrogens is 506 g/mol. The molecule has 5 nitrogen and oxygen atoms in total. The zero-order valence-corrected chi connectivity index (χ0v) is 22.9. The fourth-order valence-corrected chi connectivity index (χ4v) is 6.43. The highest BCUT2D eigenvalue weighted by Crippen LogP contribution is 2.41. The Kier molecular flexibility index (Phi) is 5.42. The number of fused-ring (bicyclic) bond motifs is 4. The van der Waals surface area contributed by atoms with Crippen molar-refractivity contribution in [3.8, 4) is 22.9 Å². The van der Waals surface area contributed by atoms with Crippen LogP contribution in [0.2, 0.25) is 0 Å². The van der Waals surface area contributed by atoms with E-state index in [0.29, 0.717) is 28.1 Å². The van der Waals surface area contributed by atoms with E-state index >= 15 is 0 Å². The molecule has 0 fully saturated rings. The molecule has 0 unspecified atom stereocenters. The SMILES string of the molecule is Cc1cc(C)c(N2C(=O)c3cccc(-n4c5ccccc5c5c(-c6ccc(C#N)cc6)cccc54)c3C2=O)c(C)c1. The summed E-state index contributed by atoms with van der Waals surface area (Å²) in [7, 11) is 0. The Labute approximate surface area is 237 Å². The zero-order chi connectivity index (χ0) is 28.4. The maximum Gasteiger partial charge on any atom is 0.268 e. The van der Waals surface area contributed by atoms with Crippen LogP contribution in [-0.2, 0) is 0 Å². The number of para-hydroxylation sites is 1. The normalized spacial score (nSPS) is 12.8. The average Bonchev–Trinajstić information content (AvgIpc) is 3.44. The molecule has 5 aromatic carbocycles. The highest BCUT2D eigenvalue weighted by molar-refractivity contribution is 6.36. The number of hydrogen-bond donors (Lipinski definition) is 0. The van der Waals surface area contributed by atoms with E-state index in [0.717, 1.165) is 49.6 Å². The number of amides is 2. The Balaban J connectivity index is 1.49. The van der Waals surface area contributed by atoms with Crippen molar-refractivity contribution in [2.45, 2.75) is 20.8 Å². The van der Waals surface area contributed by atoms with Crippen molar-refractivity contribution in [3.05, 3.63) is 130 Å². The molecule has 1 aliphatic heterocycles. The highest BCUT2D eigenvalue weighted by atomic mass is 16.2. The molecule has 6 aromatic rings. The monoisotopic (exact) mass is 531 g/mol. The summed E-state index contributed by atoms with van der Waals surface area (Å²) in [6.07, 6.45) is 0. The van der Waals surface area contributed by atoms with E-state index in [2.05, 4.69) is 28.8 Å². The Hall–Kier alpha value is -5.47. The number of aromatic nitrogens is 1. The minimum atomic E-state index is -0.315. The lowest BCUT2D eigenvalue weighted by Gasteiger charge is -2.20. The van der Waals surface area contributed by atoms with Crippen molar-refractivity contribution >= 4 is 39.3 Å². The fraction of sp³-hybridized carbons (Fsp3) is 0.0833. The lowest BCUT2D eigenvalue weighted by Crippen LogP contribution is -2.31. The Morgan fingerprint density at radius 2 is 1.34 bits per heavy atom. The Morgan fingerprint density at radius 3 is 2.07 bits per heavy atom. The third kappa shape index (κ3) is 3.54. The molecule has 0 N–H and O–H groups in total. The van der Waals surface area contributed by atoms with Crippen LogP contribution in [0.4, 0.5) is 5.69 Å². The first-order chi connectivity index (χ1) is 19.9. The number of anilines is 1. The van der Waals surface area contributed by atoms with Gasteiger partial charge in [-0.1, -0.05) is 66.2 Å². The first-order valence-corrected chi connectivity index (χ1v) is 13.5. The van der Waals surface area contributed by atoms with Gasteiger partial charge in [-0.2, -0.15) is 5.26 Å². The van der Waals surface area contributed by atoms with Crippen molar-refractivity contribution in [1.29, 1.82) is 5.26 Å². The number of imide groups is 1. The van der Waals surface area contributed by atoms with E-state index in [9.17, 15) is 14.9 Å². The van der Waals surface area contributed by atoms with Crippen molar-refractivity contribution in [3.63, 3.8) is 0 Å². The molecule has 0 saturated heterocycles. The molecule has 5 heteroatoms. The second-order valence-corrected chi connectivity index (χ2v) is 10.6. The second-order valence-electron chi connectivity index (χ2n) is 10.6. The summed E-state index contributed by atoms with van der Waals surface area (Å²) in [5, 5.41) is 11.4. The van der Waals surface area contributed by atoms with Gasteiger partial charge in [0.1, 0.15) is 0 Å². The van der Waals surface area contributed by atoms with Crippen LogP contribution in [0.25, 0.3) is 38.6 Å². The summed E-state index contributed by atoms with van der Waals surface area (Å²) in [6.45, 7) is 5.90. The van der Waals surface area contributed by atoms with Crippen LogP contribution in [0.1, 0.15) is 43.0 Å². The van der Waals surface area contributed by atoms with E-state index in [-0.39, 0.29) is 11.8 Å². The van der Waals surface area contributed by atoms with Gasteiger partial charge in [0.2, 0.25) is 0 Å². The molecule has 1 aliphatic rings. The van der Waals surface area contributed by atoms with Gasteiger partial charge in [0.05, 0.1) is 45.2 Å². The minimum absolute atomic E-state index is 0.305. The largest absolute Gasteiger partial charge is 0.308 e. The zero-order valence-electron chi connectivity index (χ0n) is 22.9. The van der Waals surface area contributed by atoms with E-state index in [1.165, 1.54) is 4.90 Å². The number of aryl methyl sites for hydroxylation is 3. The lowest BCUT2D eigenvalue weighted by molar-refractivity contribution is 0.0925. The topological polar surface area (TPSA) is 66.1 Å². The molecule has 196 valence electrons. The van der Waals surface area contributed by atoms with E-state index in [1.807, 2.05) is 93.6 Å². The smallest absolute Gasteiger partial charge is 0.268 e. The Bertz CT molecular complexity index is 2100. The van der Waals surface area contributed by atoms with Crippen molar-refractivity contribution in [2.24, 2.45) is 0 Å². The molecule has 2 heterocycles. The van der Waals surface area contributed by atoms with Gasteiger partial charge < -0.3 is 4.57 Å². The van der Waals surface area contributed by atoms with Gasteiger partial charge in [-0.15, -0.1) is 0 Å². The van der Waals surface area contributed by atoms with Crippen molar-refractivity contribution < 1.29 is 9.59 Å². The quantitative estimate of drug-likeness (QED) is 0.217. The molecule has 2 amide bonds. The molecule has 7 rings (SSSR count). The predicted octanol–water partition coefficient (Wildman–Crippen LogP) is 8.05. The second kappa shape index (κ2) is 9.04. The van der Waals surface area contributed by atoms with Gasteiger partial charge in [-0.25, -0.2) is 4.90 Å². The lowest BCUT2D eigenvalue weighted by atomic mass is 9.98. The number of carbonyl (C=O) groups excluding carboxylic acids is 2. The van der Waals surface area contributed by atoms with E-state index < -0.39 is 0 Å². The molecule has 0 atom stereocenters. The summed E-state index contributed by atoms with van der Waals surface area (Å²) in [5.74, 6) is -0.620. The van der Waals surface area contributed by atoms with Gasteiger partial charge in [0, 0.05) is 10.8 Å². The minimum Gasteiger partial charge on any atom is -0.308 e. The summed E-state index contributed by atoms with van der Waals surface area (Å²) < 4.78 is 2.10. The number of carbonyl (C=O) groups is 2. The van der Waals surface area contributed by atoms with Gasteiger partial charge >= 0.3 is 0 Å². The molecule has 1 aromatic heterocycles. The molecule has 0 aliphatic carbocycles. The summed E-state index contributed by atoms with van der Waals surface area (Å²) in [5.41, 5.74) is 9.52. The van der Waals surface area contributed by atoms with Crippen LogP contribution in [0.15, 0.2) is 97.1 Å². The van der Waals surface area contributed by atoms with E-state index in [4.69, 9.17) is 0 Å². The maximum absolute atomic E-state index is 14.2. The summed E-state index contributed by atoms with van der Waals surface area (Å²) in [6, 6.07) is 33.6. The van der Waals surface area contributed by atoms with Gasteiger partial charge in [-0.05, 0) is 79.4 Å². The van der Waals surface area contributed by atoms with Gasteiger partial charge in [0.25, 0.3) is 11.8 Å². The van der Waals surface area contributed by atoms with E-state index in [1.54, 1.807) is 6.07 Å². The van der Waals surface area contributed by atoms with Crippen molar-refractivity contribution in [2.75, 3.05) is 4.90 Å². The number of benzene rings is 5.